The van der Waals surface area contributed by atoms with Crippen LogP contribution >= 0.6 is 0 Å². The number of sulfonamides is 1. The summed E-state index contributed by atoms with van der Waals surface area (Å²) in [4.78, 5) is 10.7. The van der Waals surface area contributed by atoms with Gasteiger partial charge in [0.2, 0.25) is 10.0 Å². The van der Waals surface area contributed by atoms with Crippen LogP contribution in [0.15, 0.2) is 29.2 Å². The SMILES string of the molecule is COC1CC(C(=O)O)N(S(=O)(=O)c2ccccc2F)C1. The maximum Gasteiger partial charge on any atom is 0.322 e. The molecular formula is C12H14FNO5S. The van der Waals surface area contributed by atoms with Gasteiger partial charge in [-0.25, -0.2) is 12.8 Å². The zero-order chi connectivity index (χ0) is 14.9. The summed E-state index contributed by atoms with van der Waals surface area (Å²) < 4.78 is 44.3. The van der Waals surface area contributed by atoms with Gasteiger partial charge in [0.15, 0.2) is 0 Å². The van der Waals surface area contributed by atoms with Gasteiger partial charge in [0.25, 0.3) is 0 Å². The highest BCUT2D eigenvalue weighted by atomic mass is 32.2. The Labute approximate surface area is 115 Å². The zero-order valence-electron chi connectivity index (χ0n) is 10.7. The number of benzene rings is 1. The van der Waals surface area contributed by atoms with Crippen LogP contribution in [0.5, 0.6) is 0 Å². The second-order valence-corrected chi connectivity index (χ2v) is 6.31. The number of carboxylic acid groups (broad SMARTS) is 1. The number of nitrogens with zero attached hydrogens (tertiary/aromatic N) is 1. The monoisotopic (exact) mass is 303 g/mol. The van der Waals surface area contributed by atoms with E-state index in [4.69, 9.17) is 9.84 Å². The van der Waals surface area contributed by atoms with Crippen LogP contribution < -0.4 is 0 Å². The molecule has 0 radical (unpaired) electrons. The Morgan fingerprint density at radius 3 is 2.65 bits per heavy atom. The molecule has 6 nitrogen and oxygen atoms in total. The van der Waals surface area contributed by atoms with Crippen molar-refractivity contribution in [3.63, 3.8) is 0 Å². The summed E-state index contributed by atoms with van der Waals surface area (Å²) in [6, 6.07) is 3.64. The highest BCUT2D eigenvalue weighted by Gasteiger charge is 2.44. The van der Waals surface area contributed by atoms with Gasteiger partial charge in [0.05, 0.1) is 6.10 Å². The summed E-state index contributed by atoms with van der Waals surface area (Å²) in [5.41, 5.74) is 0. The van der Waals surface area contributed by atoms with Crippen LogP contribution in [0.1, 0.15) is 6.42 Å². The van der Waals surface area contributed by atoms with E-state index in [1.165, 1.54) is 19.2 Å². The lowest BCUT2D eigenvalue weighted by atomic mass is 10.2. The van der Waals surface area contributed by atoms with Crippen molar-refractivity contribution in [1.29, 1.82) is 0 Å². The van der Waals surface area contributed by atoms with Gasteiger partial charge in [0, 0.05) is 20.1 Å². The zero-order valence-corrected chi connectivity index (χ0v) is 11.5. The first kappa shape index (κ1) is 14.9. The number of carbonyl (C=O) groups is 1. The second kappa shape index (κ2) is 5.47. The smallest absolute Gasteiger partial charge is 0.322 e. The molecule has 0 aromatic heterocycles. The van der Waals surface area contributed by atoms with E-state index < -0.39 is 38.9 Å². The van der Waals surface area contributed by atoms with Crippen LogP contribution in [0.3, 0.4) is 0 Å². The van der Waals surface area contributed by atoms with Crippen molar-refractivity contribution in [2.45, 2.75) is 23.5 Å². The minimum absolute atomic E-state index is 0.0412. The number of carboxylic acids is 1. The van der Waals surface area contributed by atoms with Crippen LogP contribution in [0, 0.1) is 5.82 Å². The largest absolute Gasteiger partial charge is 0.480 e. The van der Waals surface area contributed by atoms with Crippen molar-refractivity contribution in [1.82, 2.24) is 4.31 Å². The maximum atomic E-state index is 13.7. The van der Waals surface area contributed by atoms with Crippen LogP contribution in [0.2, 0.25) is 0 Å². The van der Waals surface area contributed by atoms with Crippen molar-refractivity contribution in [2.24, 2.45) is 0 Å². The summed E-state index contributed by atoms with van der Waals surface area (Å²) >= 11 is 0. The number of hydrogen-bond donors (Lipinski definition) is 1. The summed E-state index contributed by atoms with van der Waals surface area (Å²) in [5, 5.41) is 9.12. The molecule has 0 aliphatic carbocycles. The number of rotatable bonds is 4. The van der Waals surface area contributed by atoms with Crippen LogP contribution in [-0.2, 0) is 19.6 Å². The Bertz CT molecular complexity index is 618. The Morgan fingerprint density at radius 1 is 1.45 bits per heavy atom. The van der Waals surface area contributed by atoms with Crippen molar-refractivity contribution < 1.29 is 27.4 Å². The van der Waals surface area contributed by atoms with Crippen molar-refractivity contribution >= 4 is 16.0 Å². The molecule has 1 N–H and O–H groups in total. The first-order valence-corrected chi connectivity index (χ1v) is 7.34. The molecule has 1 saturated heterocycles. The van der Waals surface area contributed by atoms with Gasteiger partial charge in [-0.2, -0.15) is 4.31 Å². The standard InChI is InChI=1S/C12H14FNO5S/c1-19-8-6-10(12(15)16)14(7-8)20(17,18)11-5-3-2-4-9(11)13/h2-5,8,10H,6-7H2,1H3,(H,15,16). The van der Waals surface area contributed by atoms with E-state index in [-0.39, 0.29) is 13.0 Å². The van der Waals surface area contributed by atoms with Gasteiger partial charge >= 0.3 is 5.97 Å². The van der Waals surface area contributed by atoms with Crippen LogP contribution in [0.4, 0.5) is 4.39 Å². The molecule has 2 rings (SSSR count). The first-order chi connectivity index (χ1) is 9.37. The highest BCUT2D eigenvalue weighted by molar-refractivity contribution is 7.89. The third-order valence-electron chi connectivity index (χ3n) is 3.26. The van der Waals surface area contributed by atoms with Crippen molar-refractivity contribution in [3.05, 3.63) is 30.1 Å². The average molecular weight is 303 g/mol. The molecule has 0 bridgehead atoms. The van der Waals surface area contributed by atoms with Gasteiger partial charge in [-0.15, -0.1) is 0 Å². The summed E-state index contributed by atoms with van der Waals surface area (Å²) in [6.45, 7) is -0.107. The van der Waals surface area contributed by atoms with Crippen LogP contribution in [0.25, 0.3) is 0 Å². The van der Waals surface area contributed by atoms with Crippen LogP contribution in [-0.4, -0.2) is 49.6 Å². The van der Waals surface area contributed by atoms with E-state index in [1.807, 2.05) is 0 Å². The summed E-state index contributed by atoms with van der Waals surface area (Å²) in [7, 11) is -2.83. The number of ether oxygens (including phenoxy) is 1. The molecule has 20 heavy (non-hydrogen) atoms. The molecule has 8 heteroatoms. The molecule has 1 aliphatic rings. The molecule has 2 atom stereocenters. The number of methoxy groups -OCH3 is 1. The third-order valence-corrected chi connectivity index (χ3v) is 5.17. The average Bonchev–Trinajstić information content (AvgIpc) is 2.84. The molecule has 1 aliphatic heterocycles. The molecule has 1 heterocycles. The van der Waals surface area contributed by atoms with Gasteiger partial charge in [-0.1, -0.05) is 12.1 Å². The second-order valence-electron chi connectivity index (χ2n) is 4.45. The Balaban J connectivity index is 2.43. The quantitative estimate of drug-likeness (QED) is 0.884. The molecule has 1 fully saturated rings. The molecule has 0 saturated carbocycles. The minimum Gasteiger partial charge on any atom is -0.480 e. The Kier molecular flexibility index (Phi) is 4.07. The summed E-state index contributed by atoms with van der Waals surface area (Å²) in [6.07, 6.45) is -0.475. The lowest BCUT2D eigenvalue weighted by Gasteiger charge is -2.20. The molecule has 1 aromatic rings. The molecule has 0 amide bonds. The van der Waals surface area contributed by atoms with Crippen molar-refractivity contribution in [2.75, 3.05) is 13.7 Å². The Hall–Kier alpha value is -1.51. The fourth-order valence-electron chi connectivity index (χ4n) is 2.21. The van der Waals surface area contributed by atoms with Gasteiger partial charge in [0.1, 0.15) is 16.8 Å². The number of halogens is 1. The van der Waals surface area contributed by atoms with E-state index in [9.17, 15) is 17.6 Å². The molecule has 1 aromatic carbocycles. The lowest BCUT2D eigenvalue weighted by Crippen LogP contribution is -2.40. The topological polar surface area (TPSA) is 83.9 Å². The summed E-state index contributed by atoms with van der Waals surface area (Å²) in [5.74, 6) is -2.18. The molecule has 2 unspecified atom stereocenters. The third kappa shape index (κ3) is 2.54. The molecule has 0 spiro atoms. The molecular weight excluding hydrogens is 289 g/mol. The maximum absolute atomic E-state index is 13.7. The fraction of sp³-hybridized carbons (Fsp3) is 0.417. The lowest BCUT2D eigenvalue weighted by molar-refractivity contribution is -0.140. The predicted octanol–water partition coefficient (Wildman–Crippen LogP) is 0.688. The Morgan fingerprint density at radius 2 is 2.10 bits per heavy atom. The van der Waals surface area contributed by atoms with Gasteiger partial charge < -0.3 is 9.84 Å². The fourth-order valence-corrected chi connectivity index (χ4v) is 3.90. The number of hydrogen-bond acceptors (Lipinski definition) is 4. The minimum atomic E-state index is -4.21. The van der Waals surface area contributed by atoms with Gasteiger partial charge in [-0.05, 0) is 12.1 Å². The van der Waals surface area contributed by atoms with Crippen molar-refractivity contribution in [3.8, 4) is 0 Å². The van der Waals surface area contributed by atoms with E-state index >= 15 is 0 Å². The van der Waals surface area contributed by atoms with E-state index in [2.05, 4.69) is 0 Å². The van der Waals surface area contributed by atoms with E-state index in [0.29, 0.717) is 0 Å². The number of aliphatic carboxylic acids is 1. The predicted molar refractivity (Wildman–Crippen MR) is 67.1 cm³/mol. The molecule has 110 valence electrons. The normalized spacial score (nSPS) is 23.9. The van der Waals surface area contributed by atoms with Gasteiger partial charge in [-0.3, -0.25) is 4.79 Å². The highest BCUT2D eigenvalue weighted by Crippen LogP contribution is 2.28. The van der Waals surface area contributed by atoms with E-state index in [0.717, 1.165) is 16.4 Å². The van der Waals surface area contributed by atoms with E-state index in [1.54, 1.807) is 0 Å². The first-order valence-electron chi connectivity index (χ1n) is 5.90.